The standard InChI is InChI=1S/C26H22N6O2/c33-24(30-21-13-11-20(12-14-21)29-19-7-3-1-4-8-19)15-16-31-18-27-25-23(26(31)34)17-28-32(25)22-9-5-2-6-10-22/h1-14,17-18,29H,15-16H2,(H,30,33). The van der Waals surface area contributed by atoms with Crippen LogP contribution in [0.1, 0.15) is 6.42 Å². The molecule has 1 amide bonds. The third kappa shape index (κ3) is 4.56. The van der Waals surface area contributed by atoms with Crippen LogP contribution in [0.25, 0.3) is 16.7 Å². The molecule has 0 aliphatic rings. The van der Waals surface area contributed by atoms with Crippen LogP contribution in [0.2, 0.25) is 0 Å². The number of anilines is 3. The van der Waals surface area contributed by atoms with Gasteiger partial charge >= 0.3 is 0 Å². The summed E-state index contributed by atoms with van der Waals surface area (Å²) in [6.07, 6.45) is 3.12. The first-order valence-electron chi connectivity index (χ1n) is 10.9. The fourth-order valence-electron chi connectivity index (χ4n) is 3.64. The minimum Gasteiger partial charge on any atom is -0.356 e. The highest BCUT2D eigenvalue weighted by Gasteiger charge is 2.12. The van der Waals surface area contributed by atoms with Crippen molar-refractivity contribution >= 4 is 34.0 Å². The average Bonchev–Trinajstić information content (AvgIpc) is 3.31. The molecule has 0 aliphatic heterocycles. The number of rotatable bonds is 7. The normalized spacial score (nSPS) is 10.8. The number of hydrogen-bond donors (Lipinski definition) is 2. The van der Waals surface area contributed by atoms with Crippen LogP contribution in [0.4, 0.5) is 17.1 Å². The predicted octanol–water partition coefficient (Wildman–Crippen LogP) is 4.35. The van der Waals surface area contributed by atoms with Crippen LogP contribution >= 0.6 is 0 Å². The van der Waals surface area contributed by atoms with Crippen molar-refractivity contribution in [2.45, 2.75) is 13.0 Å². The van der Waals surface area contributed by atoms with Gasteiger partial charge in [0.2, 0.25) is 5.91 Å². The first kappa shape index (κ1) is 21.1. The zero-order valence-corrected chi connectivity index (χ0v) is 18.3. The third-order valence-electron chi connectivity index (χ3n) is 5.37. The number of para-hydroxylation sites is 2. The van der Waals surface area contributed by atoms with E-state index in [1.54, 1.807) is 4.68 Å². The lowest BCUT2D eigenvalue weighted by molar-refractivity contribution is -0.116. The van der Waals surface area contributed by atoms with E-state index in [0.29, 0.717) is 16.7 Å². The molecule has 0 aliphatic carbocycles. The Balaban J connectivity index is 1.22. The molecule has 8 heteroatoms. The van der Waals surface area contributed by atoms with Gasteiger partial charge in [0.25, 0.3) is 5.56 Å². The number of fused-ring (bicyclic) bond motifs is 1. The van der Waals surface area contributed by atoms with E-state index in [0.717, 1.165) is 17.1 Å². The van der Waals surface area contributed by atoms with Gasteiger partial charge in [0.1, 0.15) is 5.39 Å². The molecular formula is C26H22N6O2. The monoisotopic (exact) mass is 450 g/mol. The van der Waals surface area contributed by atoms with Crippen LogP contribution < -0.4 is 16.2 Å². The summed E-state index contributed by atoms with van der Waals surface area (Å²) in [6, 6.07) is 26.8. The van der Waals surface area contributed by atoms with E-state index in [9.17, 15) is 9.59 Å². The highest BCUT2D eigenvalue weighted by molar-refractivity contribution is 5.90. The molecule has 2 heterocycles. The Morgan fingerprint density at radius 1 is 0.824 bits per heavy atom. The Hall–Kier alpha value is -4.72. The highest BCUT2D eigenvalue weighted by atomic mass is 16.2. The molecule has 0 saturated heterocycles. The molecular weight excluding hydrogens is 428 g/mol. The quantitative estimate of drug-likeness (QED) is 0.384. The van der Waals surface area contributed by atoms with Crippen molar-refractivity contribution in [2.24, 2.45) is 0 Å². The number of carbonyl (C=O) groups is 1. The van der Waals surface area contributed by atoms with E-state index >= 15 is 0 Å². The van der Waals surface area contributed by atoms with Gasteiger partial charge < -0.3 is 10.6 Å². The summed E-state index contributed by atoms with van der Waals surface area (Å²) in [4.78, 5) is 29.7. The summed E-state index contributed by atoms with van der Waals surface area (Å²) in [5, 5.41) is 10.9. The number of nitrogens with one attached hydrogen (secondary N) is 2. The molecule has 34 heavy (non-hydrogen) atoms. The van der Waals surface area contributed by atoms with Crippen LogP contribution in [0.15, 0.2) is 102 Å². The van der Waals surface area contributed by atoms with Crippen molar-refractivity contribution in [3.8, 4) is 5.69 Å². The molecule has 0 unspecified atom stereocenters. The van der Waals surface area contributed by atoms with Gasteiger partial charge in [0, 0.05) is 30.0 Å². The molecule has 168 valence electrons. The van der Waals surface area contributed by atoms with Gasteiger partial charge in [-0.1, -0.05) is 36.4 Å². The molecule has 5 rings (SSSR count). The summed E-state index contributed by atoms with van der Waals surface area (Å²) < 4.78 is 3.07. The van der Waals surface area contributed by atoms with Crippen LogP contribution in [-0.4, -0.2) is 25.2 Å². The second-order valence-electron chi connectivity index (χ2n) is 7.74. The largest absolute Gasteiger partial charge is 0.356 e. The van der Waals surface area contributed by atoms with Crippen molar-refractivity contribution in [1.82, 2.24) is 19.3 Å². The Labute approximate surface area is 195 Å². The SMILES string of the molecule is O=C(CCn1cnc2c(cnn2-c2ccccc2)c1=O)Nc1ccc(Nc2ccccc2)cc1. The third-order valence-corrected chi connectivity index (χ3v) is 5.37. The number of nitrogens with zero attached hydrogens (tertiary/aromatic N) is 4. The first-order chi connectivity index (χ1) is 16.7. The van der Waals surface area contributed by atoms with E-state index in [1.807, 2.05) is 84.9 Å². The second-order valence-corrected chi connectivity index (χ2v) is 7.74. The van der Waals surface area contributed by atoms with E-state index in [2.05, 4.69) is 20.7 Å². The maximum absolute atomic E-state index is 12.9. The molecule has 0 saturated carbocycles. The zero-order chi connectivity index (χ0) is 23.3. The number of carbonyl (C=O) groups excluding carboxylic acids is 1. The van der Waals surface area contributed by atoms with Gasteiger partial charge in [-0.3, -0.25) is 14.2 Å². The molecule has 2 N–H and O–H groups in total. The van der Waals surface area contributed by atoms with Crippen molar-refractivity contribution < 1.29 is 4.79 Å². The average molecular weight is 451 g/mol. The predicted molar refractivity (Wildman–Crippen MR) is 133 cm³/mol. The van der Waals surface area contributed by atoms with Gasteiger partial charge in [0.05, 0.1) is 18.2 Å². The lowest BCUT2D eigenvalue weighted by Crippen LogP contribution is -2.23. The van der Waals surface area contributed by atoms with Gasteiger partial charge in [-0.15, -0.1) is 0 Å². The Morgan fingerprint density at radius 2 is 1.47 bits per heavy atom. The summed E-state index contributed by atoms with van der Waals surface area (Å²) in [5.41, 5.74) is 3.69. The van der Waals surface area contributed by atoms with Gasteiger partial charge in [-0.2, -0.15) is 5.10 Å². The smallest absolute Gasteiger partial charge is 0.264 e. The number of hydrogen-bond acceptors (Lipinski definition) is 5. The highest BCUT2D eigenvalue weighted by Crippen LogP contribution is 2.19. The van der Waals surface area contributed by atoms with E-state index in [4.69, 9.17) is 0 Å². The van der Waals surface area contributed by atoms with Gasteiger partial charge in [-0.25, -0.2) is 9.67 Å². The van der Waals surface area contributed by atoms with Crippen molar-refractivity contribution in [1.29, 1.82) is 0 Å². The summed E-state index contributed by atoms with van der Waals surface area (Å²) in [6.45, 7) is 0.220. The summed E-state index contributed by atoms with van der Waals surface area (Å²) >= 11 is 0. The van der Waals surface area contributed by atoms with Crippen LogP contribution in [-0.2, 0) is 11.3 Å². The molecule has 2 aromatic heterocycles. The summed E-state index contributed by atoms with van der Waals surface area (Å²) in [5.74, 6) is -0.184. The molecule has 0 bridgehead atoms. The van der Waals surface area contributed by atoms with Gasteiger partial charge in [-0.05, 0) is 48.5 Å². The molecule has 0 atom stereocenters. The molecule has 8 nitrogen and oxygen atoms in total. The summed E-state index contributed by atoms with van der Waals surface area (Å²) in [7, 11) is 0. The number of benzene rings is 3. The maximum atomic E-state index is 12.9. The van der Waals surface area contributed by atoms with Crippen molar-refractivity contribution in [2.75, 3.05) is 10.6 Å². The molecule has 3 aromatic carbocycles. The van der Waals surface area contributed by atoms with E-state index in [1.165, 1.54) is 17.1 Å². The maximum Gasteiger partial charge on any atom is 0.264 e. The lowest BCUT2D eigenvalue weighted by atomic mass is 10.2. The number of amides is 1. The van der Waals surface area contributed by atoms with Crippen LogP contribution in [0, 0.1) is 0 Å². The topological polar surface area (TPSA) is 93.8 Å². The lowest BCUT2D eigenvalue weighted by Gasteiger charge is -2.09. The number of aryl methyl sites for hydroxylation is 1. The second kappa shape index (κ2) is 9.41. The minimum absolute atomic E-state index is 0.143. The van der Waals surface area contributed by atoms with Crippen LogP contribution in [0.3, 0.4) is 0 Å². The molecule has 0 fully saturated rings. The Bertz CT molecular complexity index is 1480. The Morgan fingerprint density at radius 3 is 2.21 bits per heavy atom. The fourth-order valence-corrected chi connectivity index (χ4v) is 3.64. The number of aromatic nitrogens is 4. The molecule has 0 spiro atoms. The van der Waals surface area contributed by atoms with Crippen molar-refractivity contribution in [3.05, 3.63) is 108 Å². The fraction of sp³-hybridized carbons (Fsp3) is 0.0769. The minimum atomic E-state index is -0.226. The Kier molecular flexibility index (Phi) is 5.85. The van der Waals surface area contributed by atoms with E-state index < -0.39 is 0 Å². The van der Waals surface area contributed by atoms with Crippen LogP contribution in [0.5, 0.6) is 0 Å². The molecule has 0 radical (unpaired) electrons. The molecule has 5 aromatic rings. The van der Waals surface area contributed by atoms with Crippen molar-refractivity contribution in [3.63, 3.8) is 0 Å². The first-order valence-corrected chi connectivity index (χ1v) is 10.9. The van der Waals surface area contributed by atoms with Gasteiger partial charge in [0.15, 0.2) is 5.65 Å². The van der Waals surface area contributed by atoms with E-state index in [-0.39, 0.29) is 24.4 Å². The zero-order valence-electron chi connectivity index (χ0n) is 18.3.